The van der Waals surface area contributed by atoms with Crippen molar-refractivity contribution in [3.63, 3.8) is 0 Å². The molecule has 0 spiro atoms. The second-order valence-corrected chi connectivity index (χ2v) is 3.57. The van der Waals surface area contributed by atoms with E-state index < -0.39 is 0 Å². The Balaban J connectivity index is 0. The molecule has 2 nitrogen and oxygen atoms in total. The van der Waals surface area contributed by atoms with Gasteiger partial charge in [-0.15, -0.1) is 0 Å². The summed E-state index contributed by atoms with van der Waals surface area (Å²) < 4.78 is 0. The maximum atomic E-state index is 9.55. The van der Waals surface area contributed by atoms with Crippen LogP contribution in [0, 0.1) is 5.92 Å². The van der Waals surface area contributed by atoms with E-state index in [1.807, 2.05) is 20.8 Å². The van der Waals surface area contributed by atoms with Crippen molar-refractivity contribution in [1.29, 1.82) is 0 Å². The van der Waals surface area contributed by atoms with Gasteiger partial charge in [0.05, 0.1) is 12.2 Å². The van der Waals surface area contributed by atoms with Crippen molar-refractivity contribution in [1.82, 2.24) is 0 Å². The fraction of sp³-hybridized carbons (Fsp3) is 1.00. The molecule has 0 aromatic heterocycles. The van der Waals surface area contributed by atoms with Gasteiger partial charge in [0.2, 0.25) is 0 Å². The van der Waals surface area contributed by atoms with Crippen LogP contribution in [0.1, 0.15) is 46.5 Å². The second kappa shape index (κ2) is 9.35. The van der Waals surface area contributed by atoms with Gasteiger partial charge >= 0.3 is 0 Å². The summed E-state index contributed by atoms with van der Waals surface area (Å²) in [5, 5.41) is 19.1. The molecular formula is C10H22O2Sc. The van der Waals surface area contributed by atoms with Crippen LogP contribution in [0.4, 0.5) is 0 Å². The van der Waals surface area contributed by atoms with E-state index in [0.29, 0.717) is 0 Å². The molecule has 0 aliphatic rings. The van der Waals surface area contributed by atoms with Crippen molar-refractivity contribution >= 4 is 0 Å². The molecule has 0 rings (SSSR count). The van der Waals surface area contributed by atoms with Crippen molar-refractivity contribution in [3.05, 3.63) is 0 Å². The Morgan fingerprint density at radius 2 is 1.23 bits per heavy atom. The fourth-order valence-electron chi connectivity index (χ4n) is 1.37. The van der Waals surface area contributed by atoms with Crippen LogP contribution in [0.5, 0.6) is 0 Å². The number of hydrogen-bond acceptors (Lipinski definition) is 2. The van der Waals surface area contributed by atoms with Crippen molar-refractivity contribution in [3.8, 4) is 0 Å². The van der Waals surface area contributed by atoms with E-state index in [1.165, 1.54) is 0 Å². The first-order valence-electron chi connectivity index (χ1n) is 4.99. The topological polar surface area (TPSA) is 40.5 Å². The van der Waals surface area contributed by atoms with Crippen LogP contribution in [0.2, 0.25) is 0 Å². The minimum absolute atomic E-state index is 0. The summed E-state index contributed by atoms with van der Waals surface area (Å²) in [5.74, 6) is 0.0184. The zero-order valence-corrected chi connectivity index (χ0v) is 10.8. The van der Waals surface area contributed by atoms with Crippen LogP contribution >= 0.6 is 0 Å². The number of aliphatic hydroxyl groups is 2. The monoisotopic (exact) mass is 219 g/mol. The van der Waals surface area contributed by atoms with Gasteiger partial charge in [-0.2, -0.15) is 0 Å². The molecule has 77 valence electrons. The SMILES string of the molecule is CCCC(O)C(C)C(O)CCC.[Sc]. The van der Waals surface area contributed by atoms with Crippen molar-refractivity contribution in [2.24, 2.45) is 5.92 Å². The van der Waals surface area contributed by atoms with Crippen LogP contribution in [0.15, 0.2) is 0 Å². The summed E-state index contributed by atoms with van der Waals surface area (Å²) in [7, 11) is 0. The summed E-state index contributed by atoms with van der Waals surface area (Å²) in [5.41, 5.74) is 0. The van der Waals surface area contributed by atoms with Gasteiger partial charge in [-0.05, 0) is 12.8 Å². The van der Waals surface area contributed by atoms with Gasteiger partial charge in [0.1, 0.15) is 0 Å². The molecule has 0 amide bonds. The first-order valence-corrected chi connectivity index (χ1v) is 4.99. The van der Waals surface area contributed by atoms with E-state index in [0.717, 1.165) is 25.7 Å². The summed E-state index contributed by atoms with van der Waals surface area (Å²) in [6, 6.07) is 0. The number of rotatable bonds is 6. The van der Waals surface area contributed by atoms with E-state index in [-0.39, 0.29) is 44.0 Å². The van der Waals surface area contributed by atoms with Gasteiger partial charge in [-0.1, -0.05) is 33.6 Å². The van der Waals surface area contributed by atoms with Crippen molar-refractivity contribution in [2.75, 3.05) is 0 Å². The zero-order valence-electron chi connectivity index (χ0n) is 9.03. The Hall–Kier alpha value is 0.790. The minimum atomic E-state index is -0.337. The summed E-state index contributed by atoms with van der Waals surface area (Å²) in [6.07, 6.45) is 2.87. The largest absolute Gasteiger partial charge is 0.393 e. The molecule has 2 atom stereocenters. The molecule has 0 bridgehead atoms. The quantitative estimate of drug-likeness (QED) is 0.716. The van der Waals surface area contributed by atoms with Gasteiger partial charge in [-0.25, -0.2) is 0 Å². The molecular weight excluding hydrogens is 197 g/mol. The molecule has 0 aliphatic carbocycles. The van der Waals surface area contributed by atoms with Gasteiger partial charge in [0, 0.05) is 31.8 Å². The second-order valence-electron chi connectivity index (χ2n) is 3.57. The Morgan fingerprint density at radius 1 is 0.923 bits per heavy atom. The summed E-state index contributed by atoms with van der Waals surface area (Å²) in [4.78, 5) is 0. The van der Waals surface area contributed by atoms with Crippen LogP contribution < -0.4 is 0 Å². The molecule has 0 aromatic rings. The Morgan fingerprint density at radius 3 is 1.46 bits per heavy atom. The van der Waals surface area contributed by atoms with Crippen LogP contribution in [0.3, 0.4) is 0 Å². The van der Waals surface area contributed by atoms with Crippen molar-refractivity contribution < 1.29 is 36.1 Å². The standard InChI is InChI=1S/C10H22O2.Sc/c1-4-6-9(11)8(3)10(12)7-5-2;/h8-12H,4-7H2,1-3H3;. The molecule has 3 heteroatoms. The van der Waals surface area contributed by atoms with Gasteiger partial charge in [0.15, 0.2) is 0 Å². The maximum absolute atomic E-state index is 9.55. The zero-order chi connectivity index (χ0) is 9.56. The predicted octanol–water partition coefficient (Wildman–Crippen LogP) is 1.94. The molecule has 0 aliphatic heterocycles. The van der Waals surface area contributed by atoms with Gasteiger partial charge in [0.25, 0.3) is 0 Å². The number of aliphatic hydroxyl groups excluding tert-OH is 2. The fourth-order valence-corrected chi connectivity index (χ4v) is 1.37. The Kier molecular flexibility index (Phi) is 11.7. The van der Waals surface area contributed by atoms with E-state index in [2.05, 4.69) is 0 Å². The summed E-state index contributed by atoms with van der Waals surface area (Å²) >= 11 is 0. The van der Waals surface area contributed by atoms with Crippen molar-refractivity contribution in [2.45, 2.75) is 58.7 Å². The Bertz CT molecular complexity index is 97.1. The Labute approximate surface area is 101 Å². The van der Waals surface area contributed by atoms with Gasteiger partial charge in [-0.3, -0.25) is 0 Å². The first kappa shape index (κ1) is 16.2. The summed E-state index contributed by atoms with van der Waals surface area (Å²) in [6.45, 7) is 6.00. The third-order valence-electron chi connectivity index (χ3n) is 2.38. The van der Waals surface area contributed by atoms with E-state index in [4.69, 9.17) is 0 Å². The molecule has 13 heavy (non-hydrogen) atoms. The maximum Gasteiger partial charge on any atom is 0.0590 e. The molecule has 0 aromatic carbocycles. The third-order valence-corrected chi connectivity index (χ3v) is 2.38. The molecule has 0 saturated carbocycles. The first-order chi connectivity index (χ1) is 5.63. The van der Waals surface area contributed by atoms with E-state index in [9.17, 15) is 10.2 Å². The van der Waals surface area contributed by atoms with Crippen LogP contribution in [-0.4, -0.2) is 22.4 Å². The third kappa shape index (κ3) is 6.81. The van der Waals surface area contributed by atoms with E-state index in [1.54, 1.807) is 0 Å². The minimum Gasteiger partial charge on any atom is -0.393 e. The molecule has 2 N–H and O–H groups in total. The molecule has 0 fully saturated rings. The van der Waals surface area contributed by atoms with Crippen LogP contribution in [-0.2, 0) is 25.8 Å². The smallest absolute Gasteiger partial charge is 0.0590 e. The van der Waals surface area contributed by atoms with Gasteiger partial charge < -0.3 is 10.2 Å². The van der Waals surface area contributed by atoms with E-state index >= 15 is 0 Å². The molecule has 0 heterocycles. The normalized spacial score (nSPS) is 17.3. The predicted molar refractivity (Wildman–Crippen MR) is 51.0 cm³/mol. The average molecular weight is 219 g/mol. The average Bonchev–Trinajstić information content (AvgIpc) is 2.04. The molecule has 1 radical (unpaired) electrons. The molecule has 2 unspecified atom stereocenters. The number of hydrogen-bond donors (Lipinski definition) is 2. The molecule has 0 saturated heterocycles. The van der Waals surface area contributed by atoms with Crippen LogP contribution in [0.25, 0.3) is 0 Å².